The summed E-state index contributed by atoms with van der Waals surface area (Å²) in [7, 11) is 1.57. The Hall–Kier alpha value is -3.09. The average molecular weight is 344 g/mol. The smallest absolute Gasteiger partial charge is 0.269 e. The molecule has 0 aromatic heterocycles. The standard InChI is InChI=1S/C18H20N2O5/c1-13(2)25-18-15(7-5-9-17(18)23-3)11-19-24-12-14-6-4-8-16(10-14)20(21)22/h4-11,13H,12H2,1-3H3/b19-11-. The van der Waals surface area contributed by atoms with Crippen molar-refractivity contribution in [2.75, 3.05) is 7.11 Å². The van der Waals surface area contributed by atoms with E-state index in [1.807, 2.05) is 26.0 Å². The topological polar surface area (TPSA) is 83.2 Å². The van der Waals surface area contributed by atoms with E-state index >= 15 is 0 Å². The van der Waals surface area contributed by atoms with Gasteiger partial charge >= 0.3 is 0 Å². The van der Waals surface area contributed by atoms with Gasteiger partial charge in [-0.15, -0.1) is 0 Å². The number of nitro groups is 1. The number of rotatable bonds is 8. The summed E-state index contributed by atoms with van der Waals surface area (Å²) in [4.78, 5) is 15.6. The summed E-state index contributed by atoms with van der Waals surface area (Å²) in [5.41, 5.74) is 1.40. The summed E-state index contributed by atoms with van der Waals surface area (Å²) in [6.45, 7) is 3.97. The van der Waals surface area contributed by atoms with Gasteiger partial charge in [0.2, 0.25) is 0 Å². The first-order chi connectivity index (χ1) is 12.0. The first-order valence-electron chi connectivity index (χ1n) is 7.73. The van der Waals surface area contributed by atoms with Crippen LogP contribution in [0.4, 0.5) is 5.69 Å². The van der Waals surface area contributed by atoms with Crippen LogP contribution in [0, 0.1) is 10.1 Å². The highest BCUT2D eigenvalue weighted by atomic mass is 16.6. The Balaban J connectivity index is 2.07. The fourth-order valence-corrected chi connectivity index (χ4v) is 2.12. The van der Waals surface area contributed by atoms with Gasteiger partial charge in [0.15, 0.2) is 11.5 Å². The van der Waals surface area contributed by atoms with Crippen molar-refractivity contribution in [2.45, 2.75) is 26.6 Å². The van der Waals surface area contributed by atoms with E-state index in [2.05, 4.69) is 5.16 Å². The second kappa shape index (κ2) is 8.68. The monoisotopic (exact) mass is 344 g/mol. The maximum Gasteiger partial charge on any atom is 0.269 e. The number of methoxy groups -OCH3 is 1. The third kappa shape index (κ3) is 5.20. The first kappa shape index (κ1) is 18.3. The highest BCUT2D eigenvalue weighted by molar-refractivity contribution is 5.84. The number of benzene rings is 2. The molecule has 0 aliphatic carbocycles. The SMILES string of the molecule is COc1cccc(/C=N\OCc2cccc([N+](=O)[O-])c2)c1OC(C)C. The summed E-state index contributed by atoms with van der Waals surface area (Å²) in [6, 6.07) is 11.7. The zero-order valence-corrected chi connectivity index (χ0v) is 14.3. The van der Waals surface area contributed by atoms with Crippen LogP contribution >= 0.6 is 0 Å². The molecule has 0 unspecified atom stereocenters. The molecule has 132 valence electrons. The summed E-state index contributed by atoms with van der Waals surface area (Å²) >= 11 is 0. The molecule has 0 aliphatic heterocycles. The molecular formula is C18H20N2O5. The van der Waals surface area contributed by atoms with Crippen molar-refractivity contribution in [2.24, 2.45) is 5.16 Å². The number of hydrogen-bond donors (Lipinski definition) is 0. The first-order valence-corrected chi connectivity index (χ1v) is 7.73. The molecule has 0 N–H and O–H groups in total. The molecule has 0 saturated heterocycles. The lowest BCUT2D eigenvalue weighted by Gasteiger charge is -2.15. The molecule has 0 bridgehead atoms. The zero-order valence-electron chi connectivity index (χ0n) is 14.3. The van der Waals surface area contributed by atoms with Gasteiger partial charge in [-0.3, -0.25) is 10.1 Å². The van der Waals surface area contributed by atoms with Gasteiger partial charge in [-0.05, 0) is 31.5 Å². The van der Waals surface area contributed by atoms with Crippen molar-refractivity contribution in [1.82, 2.24) is 0 Å². The zero-order chi connectivity index (χ0) is 18.2. The van der Waals surface area contributed by atoms with Crippen LogP contribution in [0.1, 0.15) is 25.0 Å². The summed E-state index contributed by atoms with van der Waals surface area (Å²) < 4.78 is 11.1. The van der Waals surface area contributed by atoms with Crippen molar-refractivity contribution in [3.63, 3.8) is 0 Å². The molecule has 0 heterocycles. The largest absolute Gasteiger partial charge is 0.493 e. The summed E-state index contributed by atoms with van der Waals surface area (Å²) in [5.74, 6) is 1.19. The Morgan fingerprint density at radius 2 is 2.00 bits per heavy atom. The van der Waals surface area contributed by atoms with Crippen LogP contribution in [0.15, 0.2) is 47.6 Å². The summed E-state index contributed by atoms with van der Waals surface area (Å²) in [5, 5.41) is 14.7. The normalized spacial score (nSPS) is 10.9. The second-order valence-electron chi connectivity index (χ2n) is 5.48. The second-order valence-corrected chi connectivity index (χ2v) is 5.48. The van der Waals surface area contributed by atoms with E-state index in [-0.39, 0.29) is 18.4 Å². The molecule has 0 spiro atoms. The van der Waals surface area contributed by atoms with Crippen molar-refractivity contribution in [3.8, 4) is 11.5 Å². The molecule has 7 nitrogen and oxygen atoms in total. The molecule has 25 heavy (non-hydrogen) atoms. The van der Waals surface area contributed by atoms with E-state index in [0.717, 1.165) is 0 Å². The van der Waals surface area contributed by atoms with Crippen LogP contribution in [0.3, 0.4) is 0 Å². The van der Waals surface area contributed by atoms with Gasteiger partial charge in [-0.2, -0.15) is 0 Å². The van der Waals surface area contributed by atoms with Crippen LogP contribution in [-0.2, 0) is 11.4 Å². The van der Waals surface area contributed by atoms with Crippen LogP contribution in [0.25, 0.3) is 0 Å². The molecule has 0 aliphatic rings. The van der Waals surface area contributed by atoms with Gasteiger partial charge in [0.25, 0.3) is 5.69 Å². The Morgan fingerprint density at radius 1 is 1.24 bits per heavy atom. The Labute approximate surface area is 146 Å². The van der Waals surface area contributed by atoms with Crippen molar-refractivity contribution in [3.05, 3.63) is 63.7 Å². The molecule has 0 fully saturated rings. The maximum atomic E-state index is 10.8. The van der Waals surface area contributed by atoms with Gasteiger partial charge in [-0.1, -0.05) is 23.4 Å². The van der Waals surface area contributed by atoms with E-state index in [1.165, 1.54) is 18.3 Å². The third-order valence-electron chi connectivity index (χ3n) is 3.20. The molecule has 0 radical (unpaired) electrons. The number of para-hydroxylation sites is 1. The van der Waals surface area contributed by atoms with Crippen molar-refractivity contribution < 1.29 is 19.2 Å². The average Bonchev–Trinajstić information content (AvgIpc) is 2.59. The van der Waals surface area contributed by atoms with Crippen LogP contribution in [0.2, 0.25) is 0 Å². The third-order valence-corrected chi connectivity index (χ3v) is 3.20. The quantitative estimate of drug-likeness (QED) is 0.411. The fraction of sp³-hybridized carbons (Fsp3) is 0.278. The van der Waals surface area contributed by atoms with Crippen LogP contribution < -0.4 is 9.47 Å². The van der Waals surface area contributed by atoms with Crippen LogP contribution in [0.5, 0.6) is 11.5 Å². The fourth-order valence-electron chi connectivity index (χ4n) is 2.12. The lowest BCUT2D eigenvalue weighted by molar-refractivity contribution is -0.384. The molecule has 0 atom stereocenters. The molecule has 2 rings (SSSR count). The Kier molecular flexibility index (Phi) is 6.33. The van der Waals surface area contributed by atoms with Gasteiger partial charge in [0, 0.05) is 17.7 Å². The minimum atomic E-state index is -0.446. The summed E-state index contributed by atoms with van der Waals surface area (Å²) in [6.07, 6.45) is 1.51. The predicted molar refractivity (Wildman–Crippen MR) is 94.2 cm³/mol. The van der Waals surface area contributed by atoms with Gasteiger partial charge in [0.05, 0.1) is 24.4 Å². The van der Waals surface area contributed by atoms with E-state index in [0.29, 0.717) is 22.6 Å². The highest BCUT2D eigenvalue weighted by Crippen LogP contribution is 2.31. The number of non-ortho nitro benzene ring substituents is 1. The lowest BCUT2D eigenvalue weighted by Crippen LogP contribution is -2.08. The minimum Gasteiger partial charge on any atom is -0.493 e. The lowest BCUT2D eigenvalue weighted by atomic mass is 10.2. The van der Waals surface area contributed by atoms with Crippen molar-refractivity contribution >= 4 is 11.9 Å². The van der Waals surface area contributed by atoms with E-state index < -0.39 is 4.92 Å². The van der Waals surface area contributed by atoms with Gasteiger partial charge in [-0.25, -0.2) is 0 Å². The van der Waals surface area contributed by atoms with E-state index in [4.69, 9.17) is 14.3 Å². The Morgan fingerprint density at radius 3 is 2.68 bits per heavy atom. The van der Waals surface area contributed by atoms with Crippen molar-refractivity contribution in [1.29, 1.82) is 0 Å². The molecule has 2 aromatic rings. The van der Waals surface area contributed by atoms with E-state index in [1.54, 1.807) is 25.3 Å². The maximum absolute atomic E-state index is 10.8. The molecule has 7 heteroatoms. The molecule has 0 amide bonds. The number of oxime groups is 1. The van der Waals surface area contributed by atoms with Gasteiger partial charge < -0.3 is 14.3 Å². The number of hydrogen-bond acceptors (Lipinski definition) is 6. The number of ether oxygens (including phenoxy) is 2. The van der Waals surface area contributed by atoms with Gasteiger partial charge in [0.1, 0.15) is 6.61 Å². The highest BCUT2D eigenvalue weighted by Gasteiger charge is 2.11. The minimum absolute atomic E-state index is 0.0190. The molecule has 2 aromatic carbocycles. The molecule has 0 saturated carbocycles. The molecular weight excluding hydrogens is 324 g/mol. The van der Waals surface area contributed by atoms with E-state index in [9.17, 15) is 10.1 Å². The Bertz CT molecular complexity index is 759. The number of nitro benzene ring substituents is 1. The number of nitrogens with zero attached hydrogens (tertiary/aromatic N) is 2. The van der Waals surface area contributed by atoms with Crippen LogP contribution in [-0.4, -0.2) is 24.4 Å². The predicted octanol–water partition coefficient (Wildman–Crippen LogP) is 3.94.